The Balaban J connectivity index is 2.21. The van der Waals surface area contributed by atoms with E-state index in [1.165, 1.54) is 16.7 Å². The van der Waals surface area contributed by atoms with Gasteiger partial charge in [0.15, 0.2) is 0 Å². The third kappa shape index (κ3) is 2.28. The van der Waals surface area contributed by atoms with Crippen LogP contribution < -0.4 is 5.73 Å². The molecular formula is C14H21NO. The van der Waals surface area contributed by atoms with Gasteiger partial charge in [0.05, 0.1) is 5.60 Å². The molecule has 2 nitrogen and oxygen atoms in total. The summed E-state index contributed by atoms with van der Waals surface area (Å²) in [5.74, 6) is 0.414. The zero-order valence-electron chi connectivity index (χ0n) is 10.2. The molecule has 88 valence electrons. The van der Waals surface area contributed by atoms with E-state index in [2.05, 4.69) is 32.0 Å². The van der Waals surface area contributed by atoms with Crippen LogP contribution in [0.2, 0.25) is 0 Å². The lowest BCUT2D eigenvalue weighted by atomic mass is 9.87. The average molecular weight is 219 g/mol. The molecule has 2 heteroatoms. The monoisotopic (exact) mass is 219 g/mol. The normalized spacial score (nSPS) is 19.5. The van der Waals surface area contributed by atoms with Gasteiger partial charge in [-0.3, -0.25) is 0 Å². The van der Waals surface area contributed by atoms with Crippen LogP contribution in [0.1, 0.15) is 29.5 Å². The predicted octanol–water partition coefficient (Wildman–Crippen LogP) is 1.95. The molecule has 0 spiro atoms. The summed E-state index contributed by atoms with van der Waals surface area (Å²) in [4.78, 5) is 0. The van der Waals surface area contributed by atoms with Crippen LogP contribution in [0.4, 0.5) is 0 Å². The maximum Gasteiger partial charge on any atom is 0.0837 e. The minimum absolute atomic E-state index is 0.366. The Hall–Kier alpha value is -0.860. The second kappa shape index (κ2) is 4.19. The van der Waals surface area contributed by atoms with Crippen LogP contribution in [-0.4, -0.2) is 17.3 Å². The van der Waals surface area contributed by atoms with Crippen molar-refractivity contribution in [3.8, 4) is 0 Å². The lowest BCUT2D eigenvalue weighted by molar-refractivity contribution is 0.0265. The van der Waals surface area contributed by atoms with Crippen molar-refractivity contribution in [3.05, 3.63) is 34.9 Å². The summed E-state index contributed by atoms with van der Waals surface area (Å²) in [5, 5.41) is 10.5. The first-order valence-electron chi connectivity index (χ1n) is 6.04. The van der Waals surface area contributed by atoms with Gasteiger partial charge < -0.3 is 10.8 Å². The highest BCUT2D eigenvalue weighted by Crippen LogP contribution is 2.41. The summed E-state index contributed by atoms with van der Waals surface area (Å²) < 4.78 is 0. The van der Waals surface area contributed by atoms with Crippen LogP contribution in [0.5, 0.6) is 0 Å². The minimum atomic E-state index is -0.682. The maximum atomic E-state index is 10.5. The largest absolute Gasteiger partial charge is 0.388 e. The Morgan fingerprint density at radius 2 is 2.06 bits per heavy atom. The van der Waals surface area contributed by atoms with Gasteiger partial charge in [-0.15, -0.1) is 0 Å². The lowest BCUT2D eigenvalue weighted by Crippen LogP contribution is -2.42. The Labute approximate surface area is 97.5 Å². The molecule has 0 bridgehead atoms. The summed E-state index contributed by atoms with van der Waals surface area (Å²) in [6.45, 7) is 4.55. The molecule has 1 aromatic carbocycles. The first-order chi connectivity index (χ1) is 7.55. The molecule has 1 fully saturated rings. The number of hydrogen-bond donors (Lipinski definition) is 2. The molecule has 0 amide bonds. The Morgan fingerprint density at radius 1 is 1.38 bits per heavy atom. The highest BCUT2D eigenvalue weighted by molar-refractivity contribution is 5.32. The first-order valence-corrected chi connectivity index (χ1v) is 6.04. The fraction of sp³-hybridized carbons (Fsp3) is 0.571. The average Bonchev–Trinajstić information content (AvgIpc) is 3.07. The first kappa shape index (κ1) is 11.6. The van der Waals surface area contributed by atoms with E-state index in [0.29, 0.717) is 18.9 Å². The highest BCUT2D eigenvalue weighted by Gasteiger charge is 2.42. The van der Waals surface area contributed by atoms with Gasteiger partial charge in [-0.05, 0) is 43.7 Å². The van der Waals surface area contributed by atoms with Gasteiger partial charge in [0, 0.05) is 13.0 Å². The third-order valence-corrected chi connectivity index (χ3v) is 3.69. The van der Waals surface area contributed by atoms with Gasteiger partial charge in [0.25, 0.3) is 0 Å². The molecule has 1 atom stereocenters. The van der Waals surface area contributed by atoms with E-state index in [9.17, 15) is 5.11 Å². The molecule has 3 N–H and O–H groups in total. The van der Waals surface area contributed by atoms with E-state index in [4.69, 9.17) is 5.73 Å². The second-order valence-electron chi connectivity index (χ2n) is 5.19. The molecule has 1 saturated carbocycles. The summed E-state index contributed by atoms with van der Waals surface area (Å²) >= 11 is 0. The molecular weight excluding hydrogens is 198 g/mol. The van der Waals surface area contributed by atoms with E-state index >= 15 is 0 Å². The molecule has 0 saturated heterocycles. The third-order valence-electron chi connectivity index (χ3n) is 3.69. The summed E-state index contributed by atoms with van der Waals surface area (Å²) in [5.41, 5.74) is 8.78. The van der Waals surface area contributed by atoms with Crippen molar-refractivity contribution in [2.24, 2.45) is 11.7 Å². The van der Waals surface area contributed by atoms with Gasteiger partial charge >= 0.3 is 0 Å². The zero-order valence-corrected chi connectivity index (χ0v) is 10.2. The molecule has 1 aliphatic carbocycles. The smallest absolute Gasteiger partial charge is 0.0837 e. The van der Waals surface area contributed by atoms with Gasteiger partial charge in [-0.2, -0.15) is 0 Å². The van der Waals surface area contributed by atoms with Crippen LogP contribution in [0, 0.1) is 19.8 Å². The Kier molecular flexibility index (Phi) is 3.04. The van der Waals surface area contributed by atoms with Crippen LogP contribution in [0.25, 0.3) is 0 Å². The van der Waals surface area contributed by atoms with Crippen LogP contribution in [0.3, 0.4) is 0 Å². The number of aryl methyl sites for hydroxylation is 2. The van der Waals surface area contributed by atoms with E-state index in [0.717, 1.165) is 12.8 Å². The maximum absolute atomic E-state index is 10.5. The summed E-state index contributed by atoms with van der Waals surface area (Å²) in [7, 11) is 0. The van der Waals surface area contributed by atoms with Crippen molar-refractivity contribution in [3.63, 3.8) is 0 Å². The summed E-state index contributed by atoms with van der Waals surface area (Å²) in [6, 6.07) is 6.39. The Morgan fingerprint density at radius 3 is 2.62 bits per heavy atom. The van der Waals surface area contributed by atoms with E-state index in [-0.39, 0.29) is 0 Å². The quantitative estimate of drug-likeness (QED) is 0.813. The fourth-order valence-electron chi connectivity index (χ4n) is 2.32. The highest BCUT2D eigenvalue weighted by atomic mass is 16.3. The zero-order chi connectivity index (χ0) is 11.8. The van der Waals surface area contributed by atoms with Crippen molar-refractivity contribution in [1.29, 1.82) is 0 Å². The van der Waals surface area contributed by atoms with Crippen molar-refractivity contribution in [1.82, 2.24) is 0 Å². The molecule has 1 unspecified atom stereocenters. The van der Waals surface area contributed by atoms with E-state index in [1.54, 1.807) is 0 Å². The van der Waals surface area contributed by atoms with Gasteiger partial charge in [-0.1, -0.05) is 23.8 Å². The SMILES string of the molecule is Cc1ccc(C)c(CC(O)(CN)C2CC2)c1. The van der Waals surface area contributed by atoms with E-state index in [1.807, 2.05) is 0 Å². The minimum Gasteiger partial charge on any atom is -0.388 e. The molecule has 0 heterocycles. The van der Waals surface area contributed by atoms with E-state index < -0.39 is 5.60 Å². The second-order valence-corrected chi connectivity index (χ2v) is 5.19. The number of rotatable bonds is 4. The van der Waals surface area contributed by atoms with Crippen LogP contribution in [-0.2, 0) is 6.42 Å². The molecule has 16 heavy (non-hydrogen) atoms. The molecule has 1 aromatic rings. The number of aliphatic hydroxyl groups is 1. The van der Waals surface area contributed by atoms with Crippen molar-refractivity contribution in [2.75, 3.05) is 6.54 Å². The molecule has 0 aliphatic heterocycles. The van der Waals surface area contributed by atoms with Crippen molar-refractivity contribution >= 4 is 0 Å². The molecule has 0 radical (unpaired) electrons. The van der Waals surface area contributed by atoms with Gasteiger partial charge in [0.2, 0.25) is 0 Å². The van der Waals surface area contributed by atoms with Crippen molar-refractivity contribution < 1.29 is 5.11 Å². The van der Waals surface area contributed by atoms with Crippen LogP contribution in [0.15, 0.2) is 18.2 Å². The topological polar surface area (TPSA) is 46.2 Å². The number of nitrogens with two attached hydrogens (primary N) is 1. The summed E-state index contributed by atoms with van der Waals surface area (Å²) in [6.07, 6.45) is 2.94. The predicted molar refractivity (Wildman–Crippen MR) is 66.3 cm³/mol. The van der Waals surface area contributed by atoms with Gasteiger partial charge in [-0.25, -0.2) is 0 Å². The van der Waals surface area contributed by atoms with Crippen LogP contribution >= 0.6 is 0 Å². The molecule has 2 rings (SSSR count). The Bertz CT molecular complexity index is 384. The lowest BCUT2D eigenvalue weighted by Gasteiger charge is -2.27. The number of hydrogen-bond acceptors (Lipinski definition) is 2. The standard InChI is InChI=1S/C14H21NO/c1-10-3-4-11(2)12(7-10)8-14(16,9-15)13-5-6-13/h3-4,7,13,16H,5-6,8-9,15H2,1-2H3. The molecule has 1 aliphatic rings. The fourth-order valence-corrected chi connectivity index (χ4v) is 2.32. The van der Waals surface area contributed by atoms with Crippen molar-refractivity contribution in [2.45, 2.75) is 38.7 Å². The molecule has 0 aromatic heterocycles. The number of benzene rings is 1. The van der Waals surface area contributed by atoms with Gasteiger partial charge in [0.1, 0.15) is 0 Å².